The zero-order valence-corrected chi connectivity index (χ0v) is 29.2. The lowest BCUT2D eigenvalue weighted by atomic mass is 10.0. The first kappa shape index (κ1) is 42.3. The molecule has 0 saturated carbocycles. The molecule has 0 aliphatic carbocycles. The van der Waals surface area contributed by atoms with Crippen LogP contribution in [0.15, 0.2) is 48.6 Å². The van der Waals surface area contributed by atoms with Crippen molar-refractivity contribution in [2.45, 2.75) is 193 Å². The summed E-state index contributed by atoms with van der Waals surface area (Å²) in [5.74, 6) is -0.0866. The Kier molecular flexibility index (Phi) is 34.5. The molecule has 0 aliphatic rings. The SMILES string of the molecule is CC/C=C/CC/C=C/CC/C=C/C(O)C(CO)NC(=O)CCCCCCCCC/C=C\CCCCCCCCCCCCC. The summed E-state index contributed by atoms with van der Waals surface area (Å²) in [6.07, 6.45) is 47.8. The summed E-state index contributed by atoms with van der Waals surface area (Å²) >= 11 is 0. The maximum atomic E-state index is 12.3. The summed E-state index contributed by atoms with van der Waals surface area (Å²) in [7, 11) is 0. The van der Waals surface area contributed by atoms with Crippen molar-refractivity contribution < 1.29 is 15.0 Å². The molecular weight excluding hydrogens is 542 g/mol. The minimum absolute atomic E-state index is 0.0866. The van der Waals surface area contributed by atoms with Gasteiger partial charge in [0.15, 0.2) is 0 Å². The second-order valence-electron chi connectivity index (χ2n) is 12.6. The molecule has 0 aliphatic heterocycles. The molecule has 0 saturated heterocycles. The van der Waals surface area contributed by atoms with Gasteiger partial charge >= 0.3 is 0 Å². The first-order valence-corrected chi connectivity index (χ1v) is 18.9. The molecule has 3 N–H and O–H groups in total. The molecule has 2 atom stereocenters. The highest BCUT2D eigenvalue weighted by Crippen LogP contribution is 2.13. The van der Waals surface area contributed by atoms with Gasteiger partial charge in [-0.1, -0.05) is 159 Å². The fraction of sp³-hybridized carbons (Fsp3) is 0.775. The van der Waals surface area contributed by atoms with Gasteiger partial charge in [0.25, 0.3) is 0 Å². The largest absolute Gasteiger partial charge is 0.394 e. The Balaban J connectivity index is 3.59. The van der Waals surface area contributed by atoms with Crippen molar-refractivity contribution in [3.63, 3.8) is 0 Å². The number of rotatable bonds is 33. The monoisotopic (exact) mass is 616 g/mol. The van der Waals surface area contributed by atoms with Crippen LogP contribution in [0.5, 0.6) is 0 Å². The smallest absolute Gasteiger partial charge is 0.220 e. The molecule has 0 rings (SSSR count). The number of allylic oxidation sites excluding steroid dienone is 7. The predicted molar refractivity (Wildman–Crippen MR) is 193 cm³/mol. The lowest BCUT2D eigenvalue weighted by Gasteiger charge is -2.19. The Bertz CT molecular complexity index is 711. The fourth-order valence-electron chi connectivity index (χ4n) is 5.39. The number of carbonyl (C=O) groups excluding carboxylic acids is 1. The van der Waals surface area contributed by atoms with Crippen LogP contribution in [0.2, 0.25) is 0 Å². The maximum Gasteiger partial charge on any atom is 0.220 e. The highest BCUT2D eigenvalue weighted by Gasteiger charge is 2.17. The average molecular weight is 616 g/mol. The van der Waals surface area contributed by atoms with Gasteiger partial charge in [-0.05, 0) is 64.2 Å². The van der Waals surface area contributed by atoms with Crippen molar-refractivity contribution in [2.24, 2.45) is 0 Å². The lowest BCUT2D eigenvalue weighted by molar-refractivity contribution is -0.123. The van der Waals surface area contributed by atoms with E-state index >= 15 is 0 Å². The molecule has 4 heteroatoms. The van der Waals surface area contributed by atoms with E-state index in [1.54, 1.807) is 6.08 Å². The number of nitrogens with one attached hydrogen (secondary N) is 1. The van der Waals surface area contributed by atoms with E-state index in [1.165, 1.54) is 116 Å². The summed E-state index contributed by atoms with van der Waals surface area (Å²) < 4.78 is 0. The van der Waals surface area contributed by atoms with Crippen LogP contribution in [0.4, 0.5) is 0 Å². The van der Waals surface area contributed by atoms with E-state index in [0.717, 1.165) is 44.9 Å². The highest BCUT2D eigenvalue weighted by atomic mass is 16.3. The van der Waals surface area contributed by atoms with Crippen LogP contribution >= 0.6 is 0 Å². The minimum Gasteiger partial charge on any atom is -0.394 e. The van der Waals surface area contributed by atoms with Crippen LogP contribution < -0.4 is 5.32 Å². The topological polar surface area (TPSA) is 69.6 Å². The molecule has 0 bridgehead atoms. The number of aliphatic hydroxyl groups excluding tert-OH is 2. The Labute approximate surface area is 274 Å². The zero-order chi connectivity index (χ0) is 32.2. The third-order valence-corrected chi connectivity index (χ3v) is 8.27. The average Bonchev–Trinajstić information content (AvgIpc) is 3.03. The van der Waals surface area contributed by atoms with Crippen LogP contribution in [-0.2, 0) is 4.79 Å². The molecule has 4 nitrogen and oxygen atoms in total. The van der Waals surface area contributed by atoms with Gasteiger partial charge in [0.2, 0.25) is 5.91 Å². The normalized spacial score (nSPS) is 13.6. The first-order chi connectivity index (χ1) is 21.7. The predicted octanol–water partition coefficient (Wildman–Crippen LogP) is 11.2. The quantitative estimate of drug-likeness (QED) is 0.0508. The molecule has 0 fully saturated rings. The van der Waals surface area contributed by atoms with Gasteiger partial charge in [-0.2, -0.15) is 0 Å². The molecule has 0 heterocycles. The van der Waals surface area contributed by atoms with Crippen LogP contribution in [0.25, 0.3) is 0 Å². The number of hydrogen-bond acceptors (Lipinski definition) is 3. The zero-order valence-electron chi connectivity index (χ0n) is 29.2. The van der Waals surface area contributed by atoms with Crippen molar-refractivity contribution in [3.8, 4) is 0 Å². The van der Waals surface area contributed by atoms with Gasteiger partial charge in [0, 0.05) is 6.42 Å². The Morgan fingerprint density at radius 1 is 0.545 bits per heavy atom. The van der Waals surface area contributed by atoms with Gasteiger partial charge < -0.3 is 15.5 Å². The summed E-state index contributed by atoms with van der Waals surface area (Å²) in [4.78, 5) is 12.3. The van der Waals surface area contributed by atoms with Crippen LogP contribution in [0.1, 0.15) is 181 Å². The highest BCUT2D eigenvalue weighted by molar-refractivity contribution is 5.76. The minimum atomic E-state index is -0.869. The van der Waals surface area contributed by atoms with Crippen LogP contribution in [-0.4, -0.2) is 34.9 Å². The number of carbonyl (C=O) groups is 1. The molecule has 0 aromatic carbocycles. The van der Waals surface area contributed by atoms with Crippen molar-refractivity contribution in [1.29, 1.82) is 0 Å². The summed E-state index contributed by atoms with van der Waals surface area (Å²) in [6.45, 7) is 4.16. The number of aliphatic hydroxyl groups is 2. The summed E-state index contributed by atoms with van der Waals surface area (Å²) in [6, 6.07) is -0.645. The van der Waals surface area contributed by atoms with E-state index in [-0.39, 0.29) is 12.5 Å². The van der Waals surface area contributed by atoms with Gasteiger partial charge in [0.1, 0.15) is 0 Å². The van der Waals surface area contributed by atoms with Crippen molar-refractivity contribution in [3.05, 3.63) is 48.6 Å². The Hall–Kier alpha value is -1.65. The number of hydrogen-bond donors (Lipinski definition) is 3. The van der Waals surface area contributed by atoms with E-state index in [9.17, 15) is 15.0 Å². The Morgan fingerprint density at radius 2 is 0.955 bits per heavy atom. The van der Waals surface area contributed by atoms with E-state index in [2.05, 4.69) is 55.6 Å². The maximum absolute atomic E-state index is 12.3. The van der Waals surface area contributed by atoms with Crippen molar-refractivity contribution in [1.82, 2.24) is 5.32 Å². The van der Waals surface area contributed by atoms with Crippen LogP contribution in [0, 0.1) is 0 Å². The molecule has 0 spiro atoms. The standard InChI is InChI=1S/C40H73NO3/c1-3-5-7-9-11-13-15-16-17-18-19-20-21-22-23-24-25-26-28-30-32-34-36-40(44)41-38(37-42)39(43)35-33-31-29-27-14-12-10-8-6-4-2/h6,8,14,21-22,27,33,35,38-39,42-43H,3-5,7,9-13,15-20,23-26,28-32,34,36-37H2,1-2H3,(H,41,44)/b8-6+,22-21-,27-14+,35-33+. The molecule has 0 radical (unpaired) electrons. The molecule has 44 heavy (non-hydrogen) atoms. The number of unbranched alkanes of at least 4 members (excludes halogenated alkanes) is 20. The van der Waals surface area contributed by atoms with Crippen LogP contribution in [0.3, 0.4) is 0 Å². The van der Waals surface area contributed by atoms with Crippen molar-refractivity contribution >= 4 is 5.91 Å². The van der Waals surface area contributed by atoms with E-state index < -0.39 is 12.1 Å². The lowest BCUT2D eigenvalue weighted by Crippen LogP contribution is -2.45. The van der Waals surface area contributed by atoms with Gasteiger partial charge in [-0.3, -0.25) is 4.79 Å². The van der Waals surface area contributed by atoms with E-state index in [4.69, 9.17) is 0 Å². The molecule has 1 amide bonds. The van der Waals surface area contributed by atoms with E-state index in [0.29, 0.717) is 6.42 Å². The summed E-state index contributed by atoms with van der Waals surface area (Å²) in [5.41, 5.74) is 0. The fourth-order valence-corrected chi connectivity index (χ4v) is 5.39. The van der Waals surface area contributed by atoms with Crippen molar-refractivity contribution in [2.75, 3.05) is 6.61 Å². The third-order valence-electron chi connectivity index (χ3n) is 8.27. The second kappa shape index (κ2) is 35.8. The molecule has 0 aromatic heterocycles. The molecule has 2 unspecified atom stereocenters. The summed E-state index contributed by atoms with van der Waals surface area (Å²) in [5, 5.41) is 22.8. The third kappa shape index (κ3) is 31.8. The van der Waals surface area contributed by atoms with Gasteiger partial charge in [-0.25, -0.2) is 0 Å². The number of amides is 1. The van der Waals surface area contributed by atoms with Gasteiger partial charge in [-0.15, -0.1) is 0 Å². The second-order valence-corrected chi connectivity index (χ2v) is 12.6. The Morgan fingerprint density at radius 3 is 1.43 bits per heavy atom. The first-order valence-electron chi connectivity index (χ1n) is 18.9. The van der Waals surface area contributed by atoms with E-state index in [1.807, 2.05) is 6.08 Å². The molecule has 256 valence electrons. The molecular formula is C40H73NO3. The molecule has 0 aromatic rings. The van der Waals surface area contributed by atoms with Gasteiger partial charge in [0.05, 0.1) is 18.8 Å².